The molecule has 0 aromatic carbocycles. The van der Waals surface area contributed by atoms with Crippen LogP contribution in [0.4, 0.5) is 0 Å². The highest BCUT2D eigenvalue weighted by Gasteiger charge is 2.25. The molecule has 1 aliphatic rings. The number of nitrogens with one attached hydrogen (secondary N) is 1. The maximum atomic E-state index is 4.69. The van der Waals surface area contributed by atoms with Crippen molar-refractivity contribution in [2.45, 2.75) is 45.7 Å². The van der Waals surface area contributed by atoms with Crippen LogP contribution in [-0.2, 0) is 0 Å². The van der Waals surface area contributed by atoms with Crippen LogP contribution in [0.5, 0.6) is 0 Å². The molecule has 2 unspecified atom stereocenters. The van der Waals surface area contributed by atoms with Gasteiger partial charge in [0, 0.05) is 17.5 Å². The zero-order valence-electron chi connectivity index (χ0n) is 11.3. The number of piperidine rings is 1. The van der Waals surface area contributed by atoms with Gasteiger partial charge in [0.1, 0.15) is 0 Å². The molecule has 17 heavy (non-hydrogen) atoms. The minimum Gasteiger partial charge on any atom is -0.316 e. The second-order valence-corrected chi connectivity index (χ2v) is 6.38. The number of aryl methyl sites for hydroxylation is 2. The number of aromatic nitrogens is 1. The summed E-state index contributed by atoms with van der Waals surface area (Å²) in [6.07, 6.45) is 2.59. The molecule has 0 radical (unpaired) electrons. The summed E-state index contributed by atoms with van der Waals surface area (Å²) >= 11 is 1.81. The molecule has 0 bridgehead atoms. The first-order chi connectivity index (χ1) is 8.11. The Kier molecular flexibility index (Phi) is 4.17. The second kappa shape index (κ2) is 5.46. The fourth-order valence-corrected chi connectivity index (χ4v) is 3.61. The summed E-state index contributed by atoms with van der Waals surface area (Å²) in [7, 11) is 2.07. The average Bonchev–Trinajstić information content (AvgIpc) is 2.67. The lowest BCUT2D eigenvalue weighted by atomic mass is 10.0. The average molecular weight is 253 g/mol. The Hall–Kier alpha value is -0.450. The summed E-state index contributed by atoms with van der Waals surface area (Å²) < 4.78 is 0. The van der Waals surface area contributed by atoms with Crippen LogP contribution in [0.3, 0.4) is 0 Å². The van der Waals surface area contributed by atoms with E-state index in [9.17, 15) is 0 Å². The van der Waals surface area contributed by atoms with Crippen molar-refractivity contribution in [2.75, 3.05) is 20.1 Å². The minimum absolute atomic E-state index is 0.455. The summed E-state index contributed by atoms with van der Waals surface area (Å²) in [5, 5.41) is 4.59. The Labute approximate surface area is 108 Å². The highest BCUT2D eigenvalue weighted by atomic mass is 32.1. The predicted octanol–water partition coefficient (Wildman–Crippen LogP) is 2.50. The van der Waals surface area contributed by atoms with Gasteiger partial charge in [-0.3, -0.25) is 4.90 Å². The van der Waals surface area contributed by atoms with E-state index in [1.807, 2.05) is 11.3 Å². The summed E-state index contributed by atoms with van der Waals surface area (Å²) in [6, 6.07) is 1.10. The highest BCUT2D eigenvalue weighted by molar-refractivity contribution is 7.11. The maximum absolute atomic E-state index is 4.69. The number of hydrogen-bond acceptors (Lipinski definition) is 4. The number of likely N-dealkylation sites (N-methyl/N-ethyl adjacent to an activating group) is 1. The monoisotopic (exact) mass is 253 g/mol. The van der Waals surface area contributed by atoms with Gasteiger partial charge in [-0.05, 0) is 47.2 Å². The van der Waals surface area contributed by atoms with E-state index in [0.717, 1.165) is 6.54 Å². The smallest absolute Gasteiger partial charge is 0.0900 e. The molecule has 96 valence electrons. The molecule has 1 N–H and O–H groups in total. The van der Waals surface area contributed by atoms with Gasteiger partial charge in [-0.15, -0.1) is 11.3 Å². The molecule has 2 heterocycles. The third kappa shape index (κ3) is 2.87. The molecule has 1 aromatic rings. The van der Waals surface area contributed by atoms with Gasteiger partial charge in [-0.1, -0.05) is 0 Å². The standard InChI is InChI=1S/C13H23N3S/c1-9(13-10(2)17-11(3)15-13)16-7-5-6-12(8-16)14-4/h9,12,14H,5-8H2,1-4H3. The van der Waals surface area contributed by atoms with Crippen molar-refractivity contribution in [1.29, 1.82) is 0 Å². The Morgan fingerprint density at radius 3 is 2.82 bits per heavy atom. The molecule has 2 rings (SSSR count). The van der Waals surface area contributed by atoms with Gasteiger partial charge < -0.3 is 5.32 Å². The predicted molar refractivity (Wildman–Crippen MR) is 73.7 cm³/mol. The Bertz CT molecular complexity index is 375. The van der Waals surface area contributed by atoms with Crippen LogP contribution in [0.1, 0.15) is 41.4 Å². The van der Waals surface area contributed by atoms with E-state index in [1.165, 1.54) is 35.0 Å². The SMILES string of the molecule is CNC1CCCN(C(C)c2nc(C)sc2C)C1. The molecule has 0 aliphatic carbocycles. The number of likely N-dealkylation sites (tertiary alicyclic amines) is 1. The molecule has 3 nitrogen and oxygen atoms in total. The van der Waals surface area contributed by atoms with E-state index in [2.05, 4.69) is 38.0 Å². The molecule has 1 fully saturated rings. The van der Waals surface area contributed by atoms with Crippen LogP contribution in [0.25, 0.3) is 0 Å². The van der Waals surface area contributed by atoms with Gasteiger partial charge in [0.15, 0.2) is 0 Å². The summed E-state index contributed by atoms with van der Waals surface area (Å²) in [6.45, 7) is 8.93. The Balaban J connectivity index is 2.08. The fourth-order valence-electron chi connectivity index (χ4n) is 2.70. The number of rotatable bonds is 3. The maximum Gasteiger partial charge on any atom is 0.0900 e. The Morgan fingerprint density at radius 1 is 1.47 bits per heavy atom. The van der Waals surface area contributed by atoms with Crippen LogP contribution in [-0.4, -0.2) is 36.1 Å². The van der Waals surface area contributed by atoms with Crippen LogP contribution in [0.15, 0.2) is 0 Å². The van der Waals surface area contributed by atoms with Crippen molar-refractivity contribution in [3.05, 3.63) is 15.6 Å². The molecular weight excluding hydrogens is 230 g/mol. The van der Waals surface area contributed by atoms with Gasteiger partial charge in [-0.25, -0.2) is 4.98 Å². The van der Waals surface area contributed by atoms with Crippen molar-refractivity contribution in [1.82, 2.24) is 15.2 Å². The lowest BCUT2D eigenvalue weighted by Gasteiger charge is -2.36. The molecule has 1 saturated heterocycles. The van der Waals surface area contributed by atoms with Gasteiger partial charge in [0.05, 0.1) is 16.7 Å². The normalized spacial score (nSPS) is 23.9. The van der Waals surface area contributed by atoms with E-state index < -0.39 is 0 Å². The first-order valence-corrected chi connectivity index (χ1v) is 7.28. The zero-order chi connectivity index (χ0) is 12.4. The quantitative estimate of drug-likeness (QED) is 0.897. The third-order valence-corrected chi connectivity index (χ3v) is 4.65. The fraction of sp³-hybridized carbons (Fsp3) is 0.769. The van der Waals surface area contributed by atoms with E-state index in [0.29, 0.717) is 12.1 Å². The number of thiazole rings is 1. The summed E-state index contributed by atoms with van der Waals surface area (Å²) in [4.78, 5) is 8.63. The molecule has 1 aliphatic heterocycles. The second-order valence-electron chi connectivity index (χ2n) is 4.97. The van der Waals surface area contributed by atoms with E-state index in [1.54, 1.807) is 0 Å². The molecular formula is C13H23N3S. The van der Waals surface area contributed by atoms with Crippen molar-refractivity contribution < 1.29 is 0 Å². The molecule has 4 heteroatoms. The first kappa shape index (κ1) is 13.0. The third-order valence-electron chi connectivity index (χ3n) is 3.74. The summed E-state index contributed by atoms with van der Waals surface area (Å²) in [5.74, 6) is 0. The van der Waals surface area contributed by atoms with Gasteiger partial charge in [0.2, 0.25) is 0 Å². The minimum atomic E-state index is 0.455. The van der Waals surface area contributed by atoms with E-state index in [4.69, 9.17) is 4.98 Å². The van der Waals surface area contributed by atoms with Crippen molar-refractivity contribution in [3.63, 3.8) is 0 Å². The van der Waals surface area contributed by atoms with Gasteiger partial charge >= 0.3 is 0 Å². The first-order valence-electron chi connectivity index (χ1n) is 6.47. The van der Waals surface area contributed by atoms with Crippen molar-refractivity contribution >= 4 is 11.3 Å². The topological polar surface area (TPSA) is 28.2 Å². The highest BCUT2D eigenvalue weighted by Crippen LogP contribution is 2.28. The summed E-state index contributed by atoms with van der Waals surface area (Å²) in [5.41, 5.74) is 1.28. The van der Waals surface area contributed by atoms with Gasteiger partial charge in [-0.2, -0.15) is 0 Å². The molecule has 0 spiro atoms. The Morgan fingerprint density at radius 2 is 2.24 bits per heavy atom. The van der Waals surface area contributed by atoms with Crippen molar-refractivity contribution in [3.8, 4) is 0 Å². The van der Waals surface area contributed by atoms with E-state index >= 15 is 0 Å². The molecule has 2 atom stereocenters. The van der Waals surface area contributed by atoms with Crippen LogP contribution < -0.4 is 5.32 Å². The van der Waals surface area contributed by atoms with Crippen molar-refractivity contribution in [2.24, 2.45) is 0 Å². The van der Waals surface area contributed by atoms with E-state index in [-0.39, 0.29) is 0 Å². The zero-order valence-corrected chi connectivity index (χ0v) is 12.1. The largest absolute Gasteiger partial charge is 0.316 e. The number of nitrogens with zero attached hydrogens (tertiary/aromatic N) is 2. The number of hydrogen-bond donors (Lipinski definition) is 1. The molecule has 0 amide bonds. The lowest BCUT2D eigenvalue weighted by Crippen LogP contribution is -2.45. The van der Waals surface area contributed by atoms with Gasteiger partial charge in [0.25, 0.3) is 0 Å². The van der Waals surface area contributed by atoms with Crippen LogP contribution in [0, 0.1) is 13.8 Å². The molecule has 1 aromatic heterocycles. The molecule has 0 saturated carbocycles. The van der Waals surface area contributed by atoms with Crippen LogP contribution in [0.2, 0.25) is 0 Å². The lowest BCUT2D eigenvalue weighted by molar-refractivity contribution is 0.147. The van der Waals surface area contributed by atoms with Crippen LogP contribution >= 0.6 is 11.3 Å².